The summed E-state index contributed by atoms with van der Waals surface area (Å²) in [5, 5.41) is 2.96. The first kappa shape index (κ1) is 7.01. The van der Waals surface area contributed by atoms with Crippen LogP contribution in [-0.4, -0.2) is 11.8 Å². The minimum atomic E-state index is 0.104. The molecule has 3 heteroatoms. The maximum atomic E-state index is 11.9. The van der Waals surface area contributed by atoms with Crippen LogP contribution in [0.4, 0.5) is 4.48 Å². The molecule has 2 nitrogen and oxygen atoms in total. The molecular weight excluding hydrogens is 107 g/mol. The number of rotatable bonds is 4. The van der Waals surface area contributed by atoms with Crippen LogP contribution < -0.4 is 5.32 Å². The first-order valence-corrected chi connectivity index (χ1v) is 2.20. The van der Waals surface area contributed by atoms with E-state index in [0.717, 1.165) is 6.20 Å². The summed E-state index contributed by atoms with van der Waals surface area (Å²) in [5.74, 6) is 0. The van der Waals surface area contributed by atoms with Gasteiger partial charge in [-0.25, -0.2) is 5.12 Å². The Labute approximate surface area is 48.2 Å². The molecule has 0 fully saturated rings. The van der Waals surface area contributed by atoms with E-state index < -0.39 is 0 Å². The van der Waals surface area contributed by atoms with Gasteiger partial charge in [0, 0.05) is 6.20 Å². The fourth-order valence-corrected chi connectivity index (χ4v) is 0.216. The molecule has 0 rings (SSSR count). The molecule has 0 saturated heterocycles. The van der Waals surface area contributed by atoms with Gasteiger partial charge in [-0.1, -0.05) is 17.6 Å². The zero-order valence-corrected chi connectivity index (χ0v) is 4.60. The predicted molar refractivity (Wildman–Crippen MR) is 31.3 cm³/mol. The van der Waals surface area contributed by atoms with Crippen LogP contribution in [0.3, 0.4) is 0 Å². The molecule has 0 aromatic carbocycles. The van der Waals surface area contributed by atoms with Crippen molar-refractivity contribution in [3.05, 3.63) is 25.6 Å². The van der Waals surface area contributed by atoms with Crippen LogP contribution in [0, 0.1) is 0 Å². The molecule has 0 aliphatic rings. The average molecular weight is 116 g/mol. The van der Waals surface area contributed by atoms with Gasteiger partial charge in [0.05, 0.1) is 0 Å². The molecule has 0 saturated carbocycles. The molecule has 0 radical (unpaired) electrons. The van der Waals surface area contributed by atoms with Gasteiger partial charge in [0.1, 0.15) is 6.67 Å². The number of hydrogen-bond acceptors (Lipinski definition) is 2. The Morgan fingerprint density at radius 1 is 1.62 bits per heavy atom. The van der Waals surface area contributed by atoms with Crippen molar-refractivity contribution in [2.75, 3.05) is 6.67 Å². The lowest BCUT2D eigenvalue weighted by Gasteiger charge is -2.05. The second-order valence-corrected chi connectivity index (χ2v) is 1.15. The van der Waals surface area contributed by atoms with E-state index >= 15 is 0 Å². The summed E-state index contributed by atoms with van der Waals surface area (Å²) in [5.41, 5.74) is 0. The van der Waals surface area contributed by atoms with E-state index in [2.05, 4.69) is 18.5 Å². The Morgan fingerprint density at radius 2 is 2.25 bits per heavy atom. The average Bonchev–Trinajstić information content (AvgIpc) is 1.83. The van der Waals surface area contributed by atoms with Gasteiger partial charge in [-0.3, -0.25) is 0 Å². The van der Waals surface area contributed by atoms with E-state index in [1.54, 1.807) is 0 Å². The molecule has 0 amide bonds. The van der Waals surface area contributed by atoms with Crippen LogP contribution in [0.15, 0.2) is 25.6 Å². The van der Waals surface area contributed by atoms with Crippen LogP contribution in [0.25, 0.3) is 0 Å². The van der Waals surface area contributed by atoms with Crippen LogP contribution in [0.1, 0.15) is 0 Å². The molecule has 0 aromatic heterocycles. The van der Waals surface area contributed by atoms with Crippen LogP contribution in [0.2, 0.25) is 0 Å². The number of nitrogens with one attached hydrogen (secondary N) is 1. The van der Waals surface area contributed by atoms with Crippen molar-refractivity contribution in [1.29, 1.82) is 0 Å². The highest BCUT2D eigenvalue weighted by molar-refractivity contribution is 4.65. The van der Waals surface area contributed by atoms with Crippen molar-refractivity contribution < 1.29 is 4.48 Å². The van der Waals surface area contributed by atoms with Gasteiger partial charge in [0.25, 0.3) is 0 Å². The molecule has 0 aromatic rings. The van der Waals surface area contributed by atoms with E-state index in [1.165, 1.54) is 6.20 Å². The monoisotopic (exact) mass is 116 g/mol. The molecule has 0 heterocycles. The Kier molecular flexibility index (Phi) is 3.66. The quantitative estimate of drug-likeness (QED) is 0.435. The summed E-state index contributed by atoms with van der Waals surface area (Å²) in [4.78, 5) is 0. The van der Waals surface area contributed by atoms with Gasteiger partial charge in [0.15, 0.2) is 0 Å². The van der Waals surface area contributed by atoms with Gasteiger partial charge < -0.3 is 5.32 Å². The largest absolute Gasteiger partial charge is 0.372 e. The Balaban J connectivity index is 3.09. The van der Waals surface area contributed by atoms with Gasteiger partial charge in [0.2, 0.25) is 0 Å². The zero-order valence-electron chi connectivity index (χ0n) is 4.60. The highest BCUT2D eigenvalue weighted by atomic mass is 19.2. The minimum absolute atomic E-state index is 0.104. The summed E-state index contributed by atoms with van der Waals surface area (Å²) < 4.78 is 11.9. The smallest absolute Gasteiger partial charge is 0.118 e. The first-order valence-electron chi connectivity index (χ1n) is 2.20. The molecule has 0 aliphatic heterocycles. The Hall–Kier alpha value is -0.990. The maximum Gasteiger partial charge on any atom is 0.118 e. The van der Waals surface area contributed by atoms with E-state index in [0.29, 0.717) is 5.12 Å². The lowest BCUT2D eigenvalue weighted by Crippen LogP contribution is -2.18. The SMILES string of the molecule is C=CNCN(F)C=C. The lowest BCUT2D eigenvalue weighted by atomic mass is 10.9. The molecule has 46 valence electrons. The van der Waals surface area contributed by atoms with Crippen molar-refractivity contribution in [1.82, 2.24) is 10.4 Å². The molecule has 0 atom stereocenters. The third kappa shape index (κ3) is 3.21. The summed E-state index contributed by atoms with van der Waals surface area (Å²) in [6.07, 6.45) is 2.49. The number of nitrogens with zero attached hydrogens (tertiary/aromatic N) is 1. The normalized spacial score (nSPS) is 7.62. The van der Waals surface area contributed by atoms with Crippen LogP contribution in [-0.2, 0) is 0 Å². The van der Waals surface area contributed by atoms with Gasteiger partial charge in [-0.05, 0) is 6.20 Å². The summed E-state index contributed by atoms with van der Waals surface area (Å²) in [6, 6.07) is 0. The molecule has 8 heavy (non-hydrogen) atoms. The Bertz CT molecular complexity index is 82.5. The molecule has 0 aliphatic carbocycles. The molecule has 1 N–H and O–H groups in total. The van der Waals surface area contributed by atoms with Gasteiger partial charge in [-0.15, -0.1) is 0 Å². The molecule has 0 unspecified atom stereocenters. The van der Waals surface area contributed by atoms with E-state index in [4.69, 9.17) is 0 Å². The lowest BCUT2D eigenvalue weighted by molar-refractivity contribution is 0.0846. The maximum absolute atomic E-state index is 11.9. The predicted octanol–water partition coefficient (Wildman–Crippen LogP) is 1.01. The first-order chi connectivity index (χ1) is 3.81. The summed E-state index contributed by atoms with van der Waals surface area (Å²) >= 11 is 0. The Morgan fingerprint density at radius 3 is 2.62 bits per heavy atom. The summed E-state index contributed by atoms with van der Waals surface area (Å²) in [7, 11) is 0. The van der Waals surface area contributed by atoms with Crippen molar-refractivity contribution in [2.24, 2.45) is 0 Å². The van der Waals surface area contributed by atoms with Crippen molar-refractivity contribution in [3.8, 4) is 0 Å². The third-order valence-electron chi connectivity index (χ3n) is 0.585. The highest BCUT2D eigenvalue weighted by Gasteiger charge is 1.86. The van der Waals surface area contributed by atoms with E-state index in [1.807, 2.05) is 0 Å². The van der Waals surface area contributed by atoms with E-state index in [-0.39, 0.29) is 6.67 Å². The number of hydrogen-bond donors (Lipinski definition) is 1. The fraction of sp³-hybridized carbons (Fsp3) is 0.200. The molecule has 0 spiro atoms. The van der Waals surface area contributed by atoms with Gasteiger partial charge in [-0.2, -0.15) is 0 Å². The van der Waals surface area contributed by atoms with Crippen LogP contribution >= 0.6 is 0 Å². The highest BCUT2D eigenvalue weighted by Crippen LogP contribution is 1.82. The van der Waals surface area contributed by atoms with Gasteiger partial charge >= 0.3 is 0 Å². The van der Waals surface area contributed by atoms with Crippen molar-refractivity contribution >= 4 is 0 Å². The molecular formula is C5H9FN2. The van der Waals surface area contributed by atoms with Crippen molar-refractivity contribution in [2.45, 2.75) is 0 Å². The standard InChI is InChI=1S/C5H9FN2/c1-3-7-5-8(6)4-2/h3-4,7H,1-2,5H2. The second kappa shape index (κ2) is 4.18. The zero-order chi connectivity index (χ0) is 6.41. The van der Waals surface area contributed by atoms with Crippen molar-refractivity contribution in [3.63, 3.8) is 0 Å². The second-order valence-electron chi connectivity index (χ2n) is 1.15. The summed E-state index contributed by atoms with van der Waals surface area (Å²) in [6.45, 7) is 6.62. The van der Waals surface area contributed by atoms with Crippen LogP contribution in [0.5, 0.6) is 0 Å². The topological polar surface area (TPSA) is 15.3 Å². The number of halogens is 1. The third-order valence-corrected chi connectivity index (χ3v) is 0.585. The fourth-order valence-electron chi connectivity index (χ4n) is 0.216. The minimum Gasteiger partial charge on any atom is -0.372 e. The molecule has 0 bridgehead atoms. The van der Waals surface area contributed by atoms with E-state index in [9.17, 15) is 4.48 Å².